The smallest absolute Gasteiger partial charge is 0.166 e. The second kappa shape index (κ2) is 5.97. The number of carbonyl (C=O) groups is 1. The molecule has 0 spiro atoms. The molecule has 4 heteroatoms. The van der Waals surface area contributed by atoms with Gasteiger partial charge in [0.15, 0.2) is 5.78 Å². The molecule has 0 N–H and O–H groups in total. The first-order valence-corrected chi connectivity index (χ1v) is 5.57. The Morgan fingerprint density at radius 1 is 1.50 bits per heavy atom. The summed E-state index contributed by atoms with van der Waals surface area (Å²) >= 11 is 5.89. The summed E-state index contributed by atoms with van der Waals surface area (Å²) in [6.07, 6.45) is -0.612. The molecule has 0 saturated carbocycles. The van der Waals surface area contributed by atoms with Crippen LogP contribution in [0.1, 0.15) is 31.9 Å². The molecule has 0 aliphatic rings. The molecule has 1 rings (SSSR count). The van der Waals surface area contributed by atoms with Gasteiger partial charge in [-0.05, 0) is 19.1 Å². The van der Waals surface area contributed by atoms with E-state index in [2.05, 4.69) is 0 Å². The Morgan fingerprint density at radius 2 is 2.19 bits per heavy atom. The average molecular weight is 245 g/mol. The van der Waals surface area contributed by atoms with E-state index < -0.39 is 11.9 Å². The molecule has 0 fully saturated rings. The zero-order chi connectivity index (χ0) is 12.1. The number of benzene rings is 1. The lowest BCUT2D eigenvalue weighted by Crippen LogP contribution is -2.17. The van der Waals surface area contributed by atoms with Gasteiger partial charge in [-0.1, -0.05) is 24.6 Å². The Labute approximate surface area is 99.4 Å². The summed E-state index contributed by atoms with van der Waals surface area (Å²) in [5.74, 6) is -0.679. The largest absolute Gasteiger partial charge is 0.366 e. The lowest BCUT2D eigenvalue weighted by atomic mass is 10.0. The maximum absolute atomic E-state index is 13.6. The quantitative estimate of drug-likeness (QED) is 0.792. The van der Waals surface area contributed by atoms with Gasteiger partial charge in [0, 0.05) is 23.6 Å². The van der Waals surface area contributed by atoms with E-state index in [0.29, 0.717) is 6.61 Å². The second-order valence-corrected chi connectivity index (χ2v) is 3.70. The Morgan fingerprint density at radius 3 is 2.69 bits per heavy atom. The van der Waals surface area contributed by atoms with Crippen LogP contribution in [0.4, 0.5) is 4.39 Å². The van der Waals surface area contributed by atoms with Crippen LogP contribution >= 0.6 is 11.6 Å². The van der Waals surface area contributed by atoms with Gasteiger partial charge in [-0.15, -0.1) is 0 Å². The molecule has 2 nitrogen and oxygen atoms in total. The van der Waals surface area contributed by atoms with Crippen molar-refractivity contribution in [2.45, 2.75) is 26.4 Å². The maximum atomic E-state index is 13.6. The van der Waals surface area contributed by atoms with Crippen LogP contribution in [0, 0.1) is 5.82 Å². The van der Waals surface area contributed by atoms with Crippen LogP contribution in [0.2, 0.25) is 5.02 Å². The first-order chi connectivity index (χ1) is 7.61. The van der Waals surface area contributed by atoms with E-state index in [1.54, 1.807) is 19.9 Å². The van der Waals surface area contributed by atoms with Crippen LogP contribution in [0.3, 0.4) is 0 Å². The fourth-order valence-electron chi connectivity index (χ4n) is 1.45. The van der Waals surface area contributed by atoms with Crippen molar-refractivity contribution in [1.82, 2.24) is 0 Å². The van der Waals surface area contributed by atoms with E-state index in [1.807, 2.05) is 0 Å². The van der Waals surface area contributed by atoms with Crippen molar-refractivity contribution in [2.24, 2.45) is 0 Å². The normalized spacial score (nSPS) is 12.5. The number of rotatable bonds is 5. The first-order valence-electron chi connectivity index (χ1n) is 5.20. The molecule has 0 saturated heterocycles. The topological polar surface area (TPSA) is 26.3 Å². The third-order valence-corrected chi connectivity index (χ3v) is 2.57. The van der Waals surface area contributed by atoms with E-state index >= 15 is 0 Å². The molecule has 0 bridgehead atoms. The molecule has 0 amide bonds. The van der Waals surface area contributed by atoms with Gasteiger partial charge >= 0.3 is 0 Å². The number of ether oxygens (including phenoxy) is 1. The van der Waals surface area contributed by atoms with Gasteiger partial charge in [0.2, 0.25) is 0 Å². The minimum absolute atomic E-state index is 0.137. The molecule has 0 aliphatic carbocycles. The van der Waals surface area contributed by atoms with Crippen LogP contribution < -0.4 is 0 Å². The van der Waals surface area contributed by atoms with Gasteiger partial charge in [-0.3, -0.25) is 4.79 Å². The molecule has 1 unspecified atom stereocenters. The summed E-state index contributed by atoms with van der Waals surface area (Å²) in [4.78, 5) is 11.7. The van der Waals surface area contributed by atoms with Crippen molar-refractivity contribution in [3.05, 3.63) is 34.6 Å². The Hall–Kier alpha value is -0.930. The SMILES string of the molecule is CCOC(C(=O)CC)c1c(F)cccc1Cl. The number of hydrogen-bond acceptors (Lipinski definition) is 2. The van der Waals surface area contributed by atoms with Crippen LogP contribution in [0.5, 0.6) is 0 Å². The van der Waals surface area contributed by atoms with Gasteiger partial charge in [-0.2, -0.15) is 0 Å². The van der Waals surface area contributed by atoms with Crippen molar-refractivity contribution in [3.63, 3.8) is 0 Å². The Bertz CT molecular complexity index is 359. The molecule has 16 heavy (non-hydrogen) atoms. The van der Waals surface area contributed by atoms with Crippen LogP contribution in [-0.2, 0) is 9.53 Å². The lowest BCUT2D eigenvalue weighted by Gasteiger charge is -2.17. The van der Waals surface area contributed by atoms with Crippen molar-refractivity contribution >= 4 is 17.4 Å². The number of carbonyl (C=O) groups excluding carboxylic acids is 1. The molecule has 0 radical (unpaired) electrons. The highest BCUT2D eigenvalue weighted by Crippen LogP contribution is 2.29. The second-order valence-electron chi connectivity index (χ2n) is 3.29. The van der Waals surface area contributed by atoms with Crippen LogP contribution in [0.15, 0.2) is 18.2 Å². The number of ketones is 1. The maximum Gasteiger partial charge on any atom is 0.166 e. The number of Topliss-reactive ketones (excluding diaryl/α,β-unsaturated/α-hetero) is 1. The Balaban J connectivity index is 3.15. The summed E-state index contributed by atoms with van der Waals surface area (Å²) in [5.41, 5.74) is 0.137. The number of halogens is 2. The van der Waals surface area contributed by atoms with Gasteiger partial charge in [-0.25, -0.2) is 4.39 Å². The highest BCUT2D eigenvalue weighted by atomic mass is 35.5. The minimum Gasteiger partial charge on any atom is -0.366 e. The van der Waals surface area contributed by atoms with E-state index in [4.69, 9.17) is 16.3 Å². The lowest BCUT2D eigenvalue weighted by molar-refractivity contribution is -0.130. The highest BCUT2D eigenvalue weighted by Gasteiger charge is 2.24. The van der Waals surface area contributed by atoms with Crippen molar-refractivity contribution < 1.29 is 13.9 Å². The van der Waals surface area contributed by atoms with Gasteiger partial charge < -0.3 is 4.74 Å². The summed E-state index contributed by atoms with van der Waals surface area (Å²) in [7, 11) is 0. The standard InChI is InChI=1S/C12H14ClFO2/c1-3-10(15)12(16-4-2)11-8(13)6-5-7-9(11)14/h5-7,12H,3-4H2,1-2H3. The molecule has 0 heterocycles. The molecule has 1 atom stereocenters. The van der Waals surface area contributed by atoms with Crippen LogP contribution in [0.25, 0.3) is 0 Å². The Kier molecular flexibility index (Phi) is 4.90. The third-order valence-electron chi connectivity index (χ3n) is 2.24. The zero-order valence-electron chi connectivity index (χ0n) is 9.30. The van der Waals surface area contributed by atoms with Gasteiger partial charge in [0.25, 0.3) is 0 Å². The fraction of sp³-hybridized carbons (Fsp3) is 0.417. The monoisotopic (exact) mass is 244 g/mol. The summed E-state index contributed by atoms with van der Waals surface area (Å²) in [6, 6.07) is 4.33. The zero-order valence-corrected chi connectivity index (χ0v) is 10.1. The molecule has 0 aliphatic heterocycles. The fourth-order valence-corrected chi connectivity index (χ4v) is 1.71. The first kappa shape index (κ1) is 13.1. The van der Waals surface area contributed by atoms with Gasteiger partial charge in [0.05, 0.1) is 0 Å². The summed E-state index contributed by atoms with van der Waals surface area (Å²) < 4.78 is 18.9. The predicted molar refractivity (Wildman–Crippen MR) is 61.1 cm³/mol. The molecular weight excluding hydrogens is 231 g/mol. The minimum atomic E-state index is -0.899. The van der Waals surface area contributed by atoms with E-state index in [0.717, 1.165) is 0 Å². The predicted octanol–water partition coefficient (Wildman–Crippen LogP) is 3.54. The summed E-state index contributed by atoms with van der Waals surface area (Å²) in [6.45, 7) is 3.80. The number of hydrogen-bond donors (Lipinski definition) is 0. The van der Waals surface area contributed by atoms with E-state index in [-0.39, 0.29) is 22.8 Å². The average Bonchev–Trinajstić information content (AvgIpc) is 2.26. The van der Waals surface area contributed by atoms with Crippen LogP contribution in [-0.4, -0.2) is 12.4 Å². The molecule has 88 valence electrons. The van der Waals surface area contributed by atoms with Crippen molar-refractivity contribution in [1.29, 1.82) is 0 Å². The summed E-state index contributed by atoms with van der Waals surface area (Å²) in [5, 5.41) is 0.222. The van der Waals surface area contributed by atoms with Crippen molar-refractivity contribution in [2.75, 3.05) is 6.61 Å². The molecule has 1 aromatic carbocycles. The van der Waals surface area contributed by atoms with E-state index in [9.17, 15) is 9.18 Å². The molecule has 1 aromatic rings. The third kappa shape index (κ3) is 2.80. The highest BCUT2D eigenvalue weighted by molar-refractivity contribution is 6.31. The molecular formula is C12H14ClFO2. The van der Waals surface area contributed by atoms with E-state index in [1.165, 1.54) is 12.1 Å². The van der Waals surface area contributed by atoms with Gasteiger partial charge in [0.1, 0.15) is 11.9 Å². The van der Waals surface area contributed by atoms with Crippen molar-refractivity contribution in [3.8, 4) is 0 Å². The molecule has 0 aromatic heterocycles.